The lowest BCUT2D eigenvalue weighted by molar-refractivity contribution is -0.122. The number of hydrogen-bond donors (Lipinski definition) is 1. The maximum atomic E-state index is 13.7. The van der Waals surface area contributed by atoms with Crippen molar-refractivity contribution in [2.45, 2.75) is 24.9 Å². The van der Waals surface area contributed by atoms with Crippen molar-refractivity contribution in [2.24, 2.45) is 0 Å². The molecule has 1 unspecified atom stereocenters. The molecule has 3 rings (SSSR count). The van der Waals surface area contributed by atoms with Gasteiger partial charge < -0.3 is 9.67 Å². The van der Waals surface area contributed by atoms with Crippen LogP contribution in [-0.4, -0.2) is 15.6 Å². The molecule has 0 spiro atoms. The average molecular weight is 428 g/mol. The molecule has 0 radical (unpaired) electrons. The second-order valence-electron chi connectivity index (χ2n) is 5.00. The lowest BCUT2D eigenvalue weighted by Gasteiger charge is -2.29. The number of rotatable bonds is 1. The van der Waals surface area contributed by atoms with E-state index in [1.807, 2.05) is 22.6 Å². The Morgan fingerprint density at radius 2 is 2.05 bits per heavy atom. The molecule has 1 heterocycles. The summed E-state index contributed by atoms with van der Waals surface area (Å²) in [6.07, 6.45) is -0.555. The topological polar surface area (TPSA) is 25.2 Å². The van der Waals surface area contributed by atoms with E-state index >= 15 is 0 Å². The minimum Gasteiger partial charge on any atom is -0.382 e. The number of alkyl halides is 2. The molecule has 0 bridgehead atoms. The van der Waals surface area contributed by atoms with Gasteiger partial charge in [-0.1, -0.05) is 11.6 Å². The van der Waals surface area contributed by atoms with Gasteiger partial charge in [0, 0.05) is 38.2 Å². The molecular formula is C14H10ClF3INO. The number of nitrogens with zero attached hydrogens (tertiary/aromatic N) is 1. The van der Waals surface area contributed by atoms with Crippen LogP contribution in [0.4, 0.5) is 13.2 Å². The zero-order chi connectivity index (χ0) is 15.4. The Balaban J connectivity index is 2.17. The summed E-state index contributed by atoms with van der Waals surface area (Å²) in [5.74, 6) is -3.64. The standard InChI is InChI=1S/C14H10ClF3INO/c15-7-3-8(16)5-9(4-7)20-6-10(19)12-11(20)1-2-14(17,18)13(12)21/h3-6,13,21H,1-2H2. The van der Waals surface area contributed by atoms with Crippen LogP contribution in [0.2, 0.25) is 5.02 Å². The normalized spacial score (nSPS) is 20.4. The summed E-state index contributed by atoms with van der Waals surface area (Å²) in [7, 11) is 0. The summed E-state index contributed by atoms with van der Waals surface area (Å²) in [4.78, 5) is 0. The Kier molecular flexibility index (Phi) is 3.74. The molecule has 112 valence electrons. The van der Waals surface area contributed by atoms with E-state index in [2.05, 4.69) is 0 Å². The molecule has 0 saturated heterocycles. The number of aliphatic hydroxyl groups excluding tert-OH is 1. The summed E-state index contributed by atoms with van der Waals surface area (Å²) in [5, 5.41) is 10.1. The molecule has 21 heavy (non-hydrogen) atoms. The quantitative estimate of drug-likeness (QED) is 0.667. The third-order valence-electron chi connectivity index (χ3n) is 3.60. The maximum Gasteiger partial charge on any atom is 0.278 e. The molecule has 1 atom stereocenters. The van der Waals surface area contributed by atoms with Crippen LogP contribution in [0.3, 0.4) is 0 Å². The summed E-state index contributed by atoms with van der Waals surface area (Å²) in [6, 6.07) is 4.01. The summed E-state index contributed by atoms with van der Waals surface area (Å²) < 4.78 is 42.9. The Hall–Kier alpha value is -0.730. The van der Waals surface area contributed by atoms with Gasteiger partial charge in [-0.3, -0.25) is 0 Å². The first-order valence-corrected chi connectivity index (χ1v) is 7.67. The Morgan fingerprint density at radius 1 is 1.33 bits per heavy atom. The minimum atomic E-state index is -3.14. The van der Waals surface area contributed by atoms with Gasteiger partial charge in [-0.05, 0) is 47.2 Å². The smallest absolute Gasteiger partial charge is 0.278 e. The van der Waals surface area contributed by atoms with Gasteiger partial charge in [0.15, 0.2) is 0 Å². The third-order valence-corrected chi connectivity index (χ3v) is 4.67. The van der Waals surface area contributed by atoms with Gasteiger partial charge in [0.1, 0.15) is 11.9 Å². The molecule has 0 amide bonds. The second-order valence-corrected chi connectivity index (χ2v) is 6.60. The number of aliphatic hydroxyl groups is 1. The Bertz CT molecular complexity index is 696. The van der Waals surface area contributed by atoms with E-state index in [4.69, 9.17) is 11.6 Å². The van der Waals surface area contributed by atoms with Crippen molar-refractivity contribution in [1.82, 2.24) is 4.57 Å². The summed E-state index contributed by atoms with van der Waals surface area (Å²) in [5.41, 5.74) is 1.24. The fourth-order valence-corrected chi connectivity index (χ4v) is 3.71. The van der Waals surface area contributed by atoms with Gasteiger partial charge in [-0.15, -0.1) is 0 Å². The molecule has 2 nitrogen and oxygen atoms in total. The maximum absolute atomic E-state index is 13.7. The van der Waals surface area contributed by atoms with Crippen LogP contribution in [0.25, 0.3) is 5.69 Å². The first kappa shape index (κ1) is 15.2. The van der Waals surface area contributed by atoms with E-state index in [0.717, 1.165) is 0 Å². The number of aromatic nitrogens is 1. The monoisotopic (exact) mass is 427 g/mol. The van der Waals surface area contributed by atoms with Gasteiger partial charge in [0.25, 0.3) is 5.92 Å². The highest BCUT2D eigenvalue weighted by molar-refractivity contribution is 14.1. The fraction of sp³-hybridized carbons (Fsp3) is 0.286. The first-order valence-electron chi connectivity index (χ1n) is 6.21. The van der Waals surface area contributed by atoms with Crippen LogP contribution in [0.15, 0.2) is 24.4 Å². The molecule has 0 saturated carbocycles. The van der Waals surface area contributed by atoms with Gasteiger partial charge >= 0.3 is 0 Å². The second kappa shape index (κ2) is 5.17. The summed E-state index contributed by atoms with van der Waals surface area (Å²) in [6.45, 7) is 0. The van der Waals surface area contributed by atoms with Gasteiger partial charge in [-0.2, -0.15) is 0 Å². The highest BCUT2D eigenvalue weighted by Crippen LogP contribution is 2.44. The van der Waals surface area contributed by atoms with Crippen LogP contribution in [-0.2, 0) is 6.42 Å². The molecule has 1 N–H and O–H groups in total. The highest BCUT2D eigenvalue weighted by atomic mass is 127. The molecule has 1 aromatic heterocycles. The van der Waals surface area contributed by atoms with E-state index in [-0.39, 0.29) is 17.0 Å². The van der Waals surface area contributed by atoms with Crippen LogP contribution in [0.5, 0.6) is 0 Å². The molecule has 7 heteroatoms. The van der Waals surface area contributed by atoms with Crippen LogP contribution in [0, 0.1) is 9.39 Å². The zero-order valence-corrected chi connectivity index (χ0v) is 13.5. The van der Waals surface area contributed by atoms with Crippen molar-refractivity contribution in [3.63, 3.8) is 0 Å². The molecular weight excluding hydrogens is 418 g/mol. The molecule has 0 aliphatic heterocycles. The van der Waals surface area contributed by atoms with Crippen LogP contribution < -0.4 is 0 Å². The first-order chi connectivity index (χ1) is 9.79. The predicted molar refractivity (Wildman–Crippen MR) is 81.7 cm³/mol. The Morgan fingerprint density at radius 3 is 2.71 bits per heavy atom. The third kappa shape index (κ3) is 2.57. The fourth-order valence-electron chi connectivity index (χ4n) is 2.61. The molecule has 0 fully saturated rings. The van der Waals surface area contributed by atoms with Gasteiger partial charge in [-0.25, -0.2) is 13.2 Å². The number of benzene rings is 1. The molecule has 1 aliphatic carbocycles. The van der Waals surface area contributed by atoms with Crippen LogP contribution in [0.1, 0.15) is 23.8 Å². The van der Waals surface area contributed by atoms with Crippen molar-refractivity contribution < 1.29 is 18.3 Å². The van der Waals surface area contributed by atoms with E-state index in [9.17, 15) is 18.3 Å². The number of halogens is 5. The number of fused-ring (bicyclic) bond motifs is 1. The lowest BCUT2D eigenvalue weighted by Crippen LogP contribution is -2.32. The van der Waals surface area contributed by atoms with E-state index in [0.29, 0.717) is 15.0 Å². The van der Waals surface area contributed by atoms with Crippen molar-refractivity contribution >= 4 is 34.2 Å². The van der Waals surface area contributed by atoms with E-state index in [1.165, 1.54) is 12.1 Å². The molecule has 2 aromatic rings. The van der Waals surface area contributed by atoms with Crippen molar-refractivity contribution in [3.8, 4) is 5.69 Å². The highest BCUT2D eigenvalue weighted by Gasteiger charge is 2.45. The van der Waals surface area contributed by atoms with Gasteiger partial charge in [0.2, 0.25) is 0 Å². The SMILES string of the molecule is OC1c2c(I)cn(-c3cc(F)cc(Cl)c3)c2CCC1(F)F. The summed E-state index contributed by atoms with van der Waals surface area (Å²) >= 11 is 7.74. The van der Waals surface area contributed by atoms with E-state index in [1.54, 1.807) is 16.8 Å². The molecule has 1 aliphatic rings. The largest absolute Gasteiger partial charge is 0.382 e. The van der Waals surface area contributed by atoms with E-state index < -0.39 is 24.3 Å². The Labute approximate surface area is 137 Å². The van der Waals surface area contributed by atoms with Crippen molar-refractivity contribution in [1.29, 1.82) is 0 Å². The predicted octanol–water partition coefficient (Wildman–Crippen LogP) is 4.49. The zero-order valence-electron chi connectivity index (χ0n) is 10.6. The molecule has 1 aromatic carbocycles. The van der Waals surface area contributed by atoms with Crippen LogP contribution >= 0.6 is 34.2 Å². The van der Waals surface area contributed by atoms with Gasteiger partial charge in [0.05, 0.1) is 0 Å². The number of hydrogen-bond acceptors (Lipinski definition) is 1. The average Bonchev–Trinajstić information content (AvgIpc) is 2.71. The van der Waals surface area contributed by atoms with Crippen molar-refractivity contribution in [2.75, 3.05) is 0 Å². The van der Waals surface area contributed by atoms with Crippen molar-refractivity contribution in [3.05, 3.63) is 50.1 Å². The lowest BCUT2D eigenvalue weighted by atomic mass is 9.91. The minimum absolute atomic E-state index is 0.108.